The van der Waals surface area contributed by atoms with Crippen LogP contribution in [0.2, 0.25) is 0 Å². The van der Waals surface area contributed by atoms with Gasteiger partial charge in [-0.15, -0.1) is 0 Å². The molecule has 16 heavy (non-hydrogen) atoms. The summed E-state index contributed by atoms with van der Waals surface area (Å²) in [7, 11) is 0. The average molecular weight is 239 g/mol. The average Bonchev–Trinajstić information content (AvgIpc) is 2.23. The van der Waals surface area contributed by atoms with Gasteiger partial charge in [-0.25, -0.2) is 8.78 Å². The summed E-state index contributed by atoms with van der Waals surface area (Å²) in [4.78, 5) is 13.0. The molecule has 0 spiro atoms. The van der Waals surface area contributed by atoms with E-state index in [1.807, 2.05) is 6.92 Å². The minimum Gasteiger partial charge on any atom is -0.395 e. The fourth-order valence-corrected chi connectivity index (χ4v) is 1.24. The maximum absolute atomic E-state index is 11.7. The maximum atomic E-state index is 11.7. The minimum atomic E-state index is -2.50. The van der Waals surface area contributed by atoms with Crippen LogP contribution >= 0.6 is 0 Å². The lowest BCUT2D eigenvalue weighted by Gasteiger charge is -2.20. The van der Waals surface area contributed by atoms with Crippen LogP contribution in [0, 0.1) is 0 Å². The number of hydrogen-bond donors (Lipinski definition) is 1. The summed E-state index contributed by atoms with van der Waals surface area (Å²) in [5, 5.41) is 8.73. The molecule has 6 heteroatoms. The number of aliphatic hydroxyl groups excluding tert-OH is 1. The van der Waals surface area contributed by atoms with Crippen molar-refractivity contribution in [3.8, 4) is 0 Å². The molecule has 0 aromatic carbocycles. The molecule has 0 aliphatic carbocycles. The van der Waals surface area contributed by atoms with Crippen molar-refractivity contribution in [3.05, 3.63) is 0 Å². The van der Waals surface area contributed by atoms with Gasteiger partial charge in [-0.2, -0.15) is 0 Å². The first-order valence-electron chi connectivity index (χ1n) is 5.36. The lowest BCUT2D eigenvalue weighted by Crippen LogP contribution is -2.34. The quantitative estimate of drug-likeness (QED) is 0.608. The van der Waals surface area contributed by atoms with Gasteiger partial charge in [0.05, 0.1) is 19.6 Å². The second-order valence-corrected chi connectivity index (χ2v) is 3.32. The van der Waals surface area contributed by atoms with Crippen molar-refractivity contribution in [2.75, 3.05) is 32.9 Å². The van der Waals surface area contributed by atoms with Crippen molar-refractivity contribution in [1.82, 2.24) is 4.90 Å². The molecule has 1 amide bonds. The summed E-state index contributed by atoms with van der Waals surface area (Å²) in [6, 6.07) is 0. The second kappa shape index (κ2) is 9.47. The molecule has 0 atom stereocenters. The lowest BCUT2D eigenvalue weighted by atomic mass is 10.3. The van der Waals surface area contributed by atoms with Crippen LogP contribution in [0.5, 0.6) is 0 Å². The minimum absolute atomic E-state index is 0.00514. The highest BCUT2D eigenvalue weighted by Gasteiger charge is 2.12. The number of aliphatic hydroxyl groups is 1. The summed E-state index contributed by atoms with van der Waals surface area (Å²) in [6.45, 7) is 2.03. The van der Waals surface area contributed by atoms with E-state index >= 15 is 0 Å². The molecular formula is C10H19F2NO3. The predicted molar refractivity (Wildman–Crippen MR) is 55.4 cm³/mol. The van der Waals surface area contributed by atoms with Gasteiger partial charge in [-0.05, 0) is 6.42 Å². The number of amides is 1. The number of carbonyl (C=O) groups is 1. The Morgan fingerprint density at radius 3 is 2.62 bits per heavy atom. The molecule has 4 nitrogen and oxygen atoms in total. The Morgan fingerprint density at radius 1 is 1.44 bits per heavy atom. The number of alkyl halides is 2. The van der Waals surface area contributed by atoms with Crippen LogP contribution in [-0.4, -0.2) is 55.2 Å². The van der Waals surface area contributed by atoms with E-state index in [0.717, 1.165) is 6.42 Å². The summed E-state index contributed by atoms with van der Waals surface area (Å²) < 4.78 is 28.0. The van der Waals surface area contributed by atoms with Crippen molar-refractivity contribution in [2.45, 2.75) is 26.2 Å². The summed E-state index contributed by atoms with van der Waals surface area (Å²) in [5.74, 6) is -0.176. The summed E-state index contributed by atoms with van der Waals surface area (Å²) >= 11 is 0. The summed E-state index contributed by atoms with van der Waals surface area (Å²) in [5.41, 5.74) is 0. The Morgan fingerprint density at radius 2 is 2.12 bits per heavy atom. The zero-order chi connectivity index (χ0) is 12.4. The monoisotopic (exact) mass is 239 g/mol. The Labute approximate surface area is 94.2 Å². The van der Waals surface area contributed by atoms with Crippen molar-refractivity contribution >= 4 is 5.91 Å². The molecule has 0 unspecified atom stereocenters. The highest BCUT2D eigenvalue weighted by molar-refractivity contribution is 5.76. The third-order valence-corrected chi connectivity index (χ3v) is 1.92. The van der Waals surface area contributed by atoms with Gasteiger partial charge in [-0.3, -0.25) is 4.79 Å². The number of rotatable bonds is 9. The second-order valence-electron chi connectivity index (χ2n) is 3.32. The fraction of sp³-hybridized carbons (Fsp3) is 0.900. The van der Waals surface area contributed by atoms with E-state index in [0.29, 0.717) is 6.54 Å². The van der Waals surface area contributed by atoms with Crippen LogP contribution < -0.4 is 0 Å². The van der Waals surface area contributed by atoms with Crippen LogP contribution in [0.3, 0.4) is 0 Å². The molecule has 1 N–H and O–H groups in total. The lowest BCUT2D eigenvalue weighted by molar-refractivity contribution is -0.133. The van der Waals surface area contributed by atoms with Crippen LogP contribution in [0.4, 0.5) is 8.78 Å². The molecule has 0 saturated carbocycles. The molecule has 0 fully saturated rings. The SMILES string of the molecule is CCCN(CCO)C(=O)CCOCC(F)F. The van der Waals surface area contributed by atoms with E-state index in [9.17, 15) is 13.6 Å². The van der Waals surface area contributed by atoms with Gasteiger partial charge in [0, 0.05) is 13.1 Å². The first kappa shape index (κ1) is 15.2. The first-order chi connectivity index (χ1) is 7.61. The fourth-order valence-electron chi connectivity index (χ4n) is 1.24. The largest absolute Gasteiger partial charge is 0.395 e. The van der Waals surface area contributed by atoms with Crippen LogP contribution in [0.15, 0.2) is 0 Å². The van der Waals surface area contributed by atoms with E-state index in [2.05, 4.69) is 4.74 Å². The molecule has 0 radical (unpaired) electrons. The van der Waals surface area contributed by atoms with E-state index in [1.54, 1.807) is 0 Å². The molecule has 96 valence electrons. The Kier molecular flexibility index (Phi) is 9.03. The highest BCUT2D eigenvalue weighted by Crippen LogP contribution is 1.98. The topological polar surface area (TPSA) is 49.8 Å². The highest BCUT2D eigenvalue weighted by atomic mass is 19.3. The van der Waals surface area contributed by atoms with Gasteiger partial charge >= 0.3 is 0 Å². The maximum Gasteiger partial charge on any atom is 0.261 e. The Balaban J connectivity index is 3.73. The molecule has 0 aromatic heterocycles. The molecule has 0 aliphatic heterocycles. The molecular weight excluding hydrogens is 220 g/mol. The number of hydrogen-bond acceptors (Lipinski definition) is 3. The van der Waals surface area contributed by atoms with E-state index in [4.69, 9.17) is 5.11 Å². The molecule has 0 bridgehead atoms. The van der Waals surface area contributed by atoms with Gasteiger partial charge in [0.1, 0.15) is 6.61 Å². The zero-order valence-corrected chi connectivity index (χ0v) is 9.49. The normalized spacial score (nSPS) is 10.8. The van der Waals surface area contributed by atoms with Crippen LogP contribution in [0.1, 0.15) is 19.8 Å². The smallest absolute Gasteiger partial charge is 0.261 e. The molecule has 0 saturated heterocycles. The third-order valence-electron chi connectivity index (χ3n) is 1.92. The Hall–Kier alpha value is -0.750. The van der Waals surface area contributed by atoms with Crippen LogP contribution in [0.25, 0.3) is 0 Å². The summed E-state index contributed by atoms with van der Waals surface area (Å²) in [6.07, 6.45) is -1.63. The number of halogens is 2. The van der Waals surface area contributed by atoms with E-state index in [-0.39, 0.29) is 32.1 Å². The van der Waals surface area contributed by atoms with Gasteiger partial charge < -0.3 is 14.7 Å². The van der Waals surface area contributed by atoms with Crippen molar-refractivity contribution in [1.29, 1.82) is 0 Å². The Bertz CT molecular complexity index is 185. The molecule has 0 aromatic rings. The van der Waals surface area contributed by atoms with Gasteiger partial charge in [-0.1, -0.05) is 6.92 Å². The predicted octanol–water partition coefficient (Wildman–Crippen LogP) is 0.889. The van der Waals surface area contributed by atoms with Gasteiger partial charge in [0.2, 0.25) is 5.91 Å². The number of carbonyl (C=O) groups excluding carboxylic acids is 1. The first-order valence-corrected chi connectivity index (χ1v) is 5.36. The molecule has 0 aliphatic rings. The number of nitrogens with zero attached hydrogens (tertiary/aromatic N) is 1. The van der Waals surface area contributed by atoms with Crippen LogP contribution in [-0.2, 0) is 9.53 Å². The van der Waals surface area contributed by atoms with Gasteiger partial charge in [0.25, 0.3) is 6.43 Å². The standard InChI is InChI=1S/C10H19F2NO3/c1-2-4-13(5-6-14)10(15)3-7-16-8-9(11)12/h9,14H,2-8H2,1H3. The van der Waals surface area contributed by atoms with Crippen molar-refractivity contribution in [3.63, 3.8) is 0 Å². The van der Waals surface area contributed by atoms with Crippen molar-refractivity contribution < 1.29 is 23.4 Å². The third kappa shape index (κ3) is 7.53. The number of ether oxygens (including phenoxy) is 1. The van der Waals surface area contributed by atoms with Crippen molar-refractivity contribution in [2.24, 2.45) is 0 Å². The van der Waals surface area contributed by atoms with E-state index < -0.39 is 13.0 Å². The zero-order valence-electron chi connectivity index (χ0n) is 9.49. The molecule has 0 rings (SSSR count). The van der Waals surface area contributed by atoms with Gasteiger partial charge in [0.15, 0.2) is 0 Å². The molecule has 0 heterocycles. The van der Waals surface area contributed by atoms with E-state index in [1.165, 1.54) is 4.90 Å².